The van der Waals surface area contributed by atoms with Gasteiger partial charge >= 0.3 is 0 Å². The molecule has 4 nitrogen and oxygen atoms in total. The first-order valence-electron chi connectivity index (χ1n) is 9.62. The fraction of sp³-hybridized carbons (Fsp3) is 0.167. The summed E-state index contributed by atoms with van der Waals surface area (Å²) in [6.45, 7) is 4.20. The molecule has 0 bridgehead atoms. The fourth-order valence-corrected chi connectivity index (χ4v) is 3.41. The van der Waals surface area contributed by atoms with Crippen LogP contribution in [-0.4, -0.2) is 14.7 Å². The number of aryl methyl sites for hydroxylation is 1. The van der Waals surface area contributed by atoms with Gasteiger partial charge in [-0.25, -0.2) is 4.68 Å². The number of nitrogens with zero attached hydrogens (tertiary/aromatic N) is 3. The Morgan fingerprint density at radius 3 is 1.93 bits per heavy atom. The van der Waals surface area contributed by atoms with E-state index in [1.54, 1.807) is 4.68 Å². The first-order chi connectivity index (χ1) is 14.2. The lowest BCUT2D eigenvalue weighted by Gasteiger charge is -2.22. The third-order valence-corrected chi connectivity index (χ3v) is 5.03. The van der Waals surface area contributed by atoms with Gasteiger partial charge in [0.05, 0.1) is 6.67 Å². The Bertz CT molecular complexity index is 1060. The van der Waals surface area contributed by atoms with Crippen LogP contribution >= 0.6 is 12.2 Å². The van der Waals surface area contributed by atoms with Gasteiger partial charge in [0.2, 0.25) is 5.89 Å². The van der Waals surface area contributed by atoms with Crippen LogP contribution in [0.3, 0.4) is 0 Å². The van der Waals surface area contributed by atoms with Crippen molar-refractivity contribution in [2.45, 2.75) is 26.7 Å². The molecule has 0 aliphatic rings. The third kappa shape index (κ3) is 5.08. The molecule has 0 saturated carbocycles. The van der Waals surface area contributed by atoms with Crippen LogP contribution in [0.2, 0.25) is 0 Å². The number of hydrogen-bond acceptors (Lipinski definition) is 4. The quantitative estimate of drug-likeness (QED) is 0.364. The van der Waals surface area contributed by atoms with Crippen molar-refractivity contribution in [3.8, 4) is 11.5 Å². The summed E-state index contributed by atoms with van der Waals surface area (Å²) in [6.07, 6.45) is 0. The smallest absolute Gasteiger partial charge is 0.288 e. The molecule has 0 aliphatic heterocycles. The average molecular weight is 402 g/mol. The van der Waals surface area contributed by atoms with Crippen molar-refractivity contribution in [2.75, 3.05) is 0 Å². The Balaban J connectivity index is 1.58. The van der Waals surface area contributed by atoms with Crippen LogP contribution in [0.15, 0.2) is 89.3 Å². The van der Waals surface area contributed by atoms with E-state index >= 15 is 0 Å². The molecular formula is C24H23N3OS. The molecule has 0 N–H and O–H groups in total. The second-order valence-electron chi connectivity index (χ2n) is 7.14. The van der Waals surface area contributed by atoms with Crippen molar-refractivity contribution in [2.24, 2.45) is 0 Å². The summed E-state index contributed by atoms with van der Waals surface area (Å²) in [7, 11) is 0. The molecule has 0 fully saturated rings. The van der Waals surface area contributed by atoms with Crippen LogP contribution in [-0.2, 0) is 19.8 Å². The van der Waals surface area contributed by atoms with Crippen molar-refractivity contribution >= 4 is 12.2 Å². The summed E-state index contributed by atoms with van der Waals surface area (Å²) < 4.78 is 7.54. The summed E-state index contributed by atoms with van der Waals surface area (Å²) in [5.41, 5.74) is 4.62. The molecule has 3 aromatic carbocycles. The van der Waals surface area contributed by atoms with Gasteiger partial charge in [-0.15, -0.1) is 5.10 Å². The largest absolute Gasteiger partial charge is 0.409 e. The number of aromatic nitrogens is 2. The second kappa shape index (κ2) is 8.99. The predicted octanol–water partition coefficient (Wildman–Crippen LogP) is 5.84. The van der Waals surface area contributed by atoms with Crippen LogP contribution < -0.4 is 0 Å². The normalized spacial score (nSPS) is 11.1. The van der Waals surface area contributed by atoms with Crippen LogP contribution in [0.1, 0.15) is 16.7 Å². The Morgan fingerprint density at radius 1 is 0.828 bits per heavy atom. The van der Waals surface area contributed by atoms with Crippen LogP contribution in [0.5, 0.6) is 0 Å². The van der Waals surface area contributed by atoms with Crippen LogP contribution in [0.25, 0.3) is 11.5 Å². The monoisotopic (exact) mass is 401 g/mol. The van der Waals surface area contributed by atoms with E-state index in [0.717, 1.165) is 18.7 Å². The van der Waals surface area contributed by atoms with Gasteiger partial charge < -0.3 is 4.42 Å². The molecule has 0 saturated heterocycles. The van der Waals surface area contributed by atoms with E-state index in [0.29, 0.717) is 17.4 Å². The SMILES string of the molecule is Cc1ccc(-c2nn(CN(Cc3ccccc3)Cc3ccccc3)c(=S)o2)cc1. The van der Waals surface area contributed by atoms with Crippen molar-refractivity contribution in [3.63, 3.8) is 0 Å². The molecule has 4 rings (SSSR count). The summed E-state index contributed by atoms with van der Waals surface area (Å²) >= 11 is 5.45. The summed E-state index contributed by atoms with van der Waals surface area (Å²) in [5.74, 6) is 0.550. The van der Waals surface area contributed by atoms with Gasteiger partial charge in [0.1, 0.15) is 0 Å². The van der Waals surface area contributed by atoms with E-state index < -0.39 is 0 Å². The maximum atomic E-state index is 5.78. The zero-order valence-corrected chi connectivity index (χ0v) is 17.2. The summed E-state index contributed by atoms with van der Waals surface area (Å²) in [6, 6.07) is 29.0. The zero-order chi connectivity index (χ0) is 20.1. The Hall–Kier alpha value is -3.02. The summed E-state index contributed by atoms with van der Waals surface area (Å²) in [4.78, 5) is 2.69. The van der Waals surface area contributed by atoms with E-state index in [1.165, 1.54) is 16.7 Å². The molecule has 4 aromatic rings. The van der Waals surface area contributed by atoms with Gasteiger partial charge in [-0.1, -0.05) is 78.4 Å². The van der Waals surface area contributed by atoms with E-state index in [-0.39, 0.29) is 0 Å². The van der Waals surface area contributed by atoms with E-state index in [9.17, 15) is 0 Å². The minimum atomic E-state index is 0.381. The first kappa shape index (κ1) is 19.3. The first-order valence-corrected chi connectivity index (χ1v) is 10.0. The van der Waals surface area contributed by atoms with Crippen molar-refractivity contribution in [3.05, 3.63) is 106 Å². The van der Waals surface area contributed by atoms with Crippen molar-refractivity contribution < 1.29 is 4.42 Å². The molecular weight excluding hydrogens is 378 g/mol. The number of rotatable bonds is 7. The predicted molar refractivity (Wildman–Crippen MR) is 118 cm³/mol. The molecule has 1 aromatic heterocycles. The minimum absolute atomic E-state index is 0.381. The fourth-order valence-electron chi connectivity index (χ4n) is 3.24. The minimum Gasteiger partial charge on any atom is -0.409 e. The van der Waals surface area contributed by atoms with Crippen LogP contribution in [0, 0.1) is 11.8 Å². The average Bonchev–Trinajstić information content (AvgIpc) is 3.10. The lowest BCUT2D eigenvalue weighted by Crippen LogP contribution is -2.26. The maximum Gasteiger partial charge on any atom is 0.288 e. The van der Waals surface area contributed by atoms with Gasteiger partial charge in [0, 0.05) is 18.7 Å². The highest BCUT2D eigenvalue weighted by Crippen LogP contribution is 2.19. The number of hydrogen-bond donors (Lipinski definition) is 0. The molecule has 146 valence electrons. The van der Waals surface area contributed by atoms with E-state index in [1.807, 2.05) is 36.4 Å². The molecule has 29 heavy (non-hydrogen) atoms. The molecule has 0 aliphatic carbocycles. The Morgan fingerprint density at radius 2 is 1.38 bits per heavy atom. The van der Waals surface area contributed by atoms with Crippen molar-refractivity contribution in [1.82, 2.24) is 14.7 Å². The standard InChI is InChI=1S/C24H23N3OS/c1-19-12-14-22(15-13-19)23-25-27(24(29)28-23)18-26(16-20-8-4-2-5-9-20)17-21-10-6-3-7-11-21/h2-15H,16-18H2,1H3. The lowest BCUT2D eigenvalue weighted by molar-refractivity contribution is 0.185. The second-order valence-corrected chi connectivity index (χ2v) is 7.49. The molecule has 0 unspecified atom stereocenters. The summed E-state index contributed by atoms with van der Waals surface area (Å²) in [5, 5.41) is 4.64. The molecule has 0 atom stereocenters. The highest BCUT2D eigenvalue weighted by Gasteiger charge is 2.13. The lowest BCUT2D eigenvalue weighted by atomic mass is 10.1. The van der Waals surface area contributed by atoms with Gasteiger partial charge in [-0.2, -0.15) is 0 Å². The van der Waals surface area contributed by atoms with Gasteiger partial charge in [0.15, 0.2) is 0 Å². The molecule has 5 heteroatoms. The van der Waals surface area contributed by atoms with Crippen molar-refractivity contribution in [1.29, 1.82) is 0 Å². The molecule has 0 amide bonds. The van der Waals surface area contributed by atoms with Crippen LogP contribution in [0.4, 0.5) is 0 Å². The zero-order valence-electron chi connectivity index (χ0n) is 16.4. The molecule has 1 heterocycles. The Kier molecular flexibility index (Phi) is 5.98. The van der Waals surface area contributed by atoms with Gasteiger partial charge in [0.25, 0.3) is 4.84 Å². The highest BCUT2D eigenvalue weighted by molar-refractivity contribution is 7.71. The Labute approximate surface area is 176 Å². The highest BCUT2D eigenvalue weighted by atomic mass is 32.1. The number of benzene rings is 3. The maximum absolute atomic E-state index is 5.78. The topological polar surface area (TPSA) is 34.2 Å². The van der Waals surface area contributed by atoms with E-state index in [4.69, 9.17) is 16.6 Å². The van der Waals surface area contributed by atoms with Gasteiger partial charge in [-0.3, -0.25) is 4.90 Å². The molecule has 0 spiro atoms. The third-order valence-electron chi connectivity index (χ3n) is 4.74. The van der Waals surface area contributed by atoms with Gasteiger partial charge in [-0.05, 0) is 42.4 Å². The van der Waals surface area contributed by atoms with E-state index in [2.05, 4.69) is 65.5 Å². The molecule has 0 radical (unpaired) electrons.